The number of hydrogen-bond acceptors (Lipinski definition) is 7. The number of aromatic nitrogens is 3. The molecule has 0 fully saturated rings. The zero-order chi connectivity index (χ0) is 45.6. The molecule has 0 aliphatic carbocycles. The van der Waals surface area contributed by atoms with E-state index < -0.39 is 11.3 Å². The van der Waals surface area contributed by atoms with Crippen LogP contribution in [0.4, 0.5) is 0 Å². The molecule has 5 aromatic heterocycles. The third-order valence-electron chi connectivity index (χ3n) is 12.8. The molecule has 0 saturated carbocycles. The van der Waals surface area contributed by atoms with E-state index in [1.165, 1.54) is 0 Å². The van der Waals surface area contributed by atoms with Crippen LogP contribution in [0.25, 0.3) is 99.2 Å². The fourth-order valence-electron chi connectivity index (χ4n) is 9.47. The van der Waals surface area contributed by atoms with E-state index in [0.717, 1.165) is 77.7 Å². The van der Waals surface area contributed by atoms with Crippen molar-refractivity contribution in [2.75, 3.05) is 0 Å². The van der Waals surface area contributed by atoms with E-state index >= 15 is 0 Å². The second-order valence-electron chi connectivity index (χ2n) is 17.1. The predicted octanol–water partition coefficient (Wildman–Crippen LogP) is 13.2. The number of hydrogen-bond donors (Lipinski definition) is 0. The minimum absolute atomic E-state index is 0. The van der Waals surface area contributed by atoms with Crippen molar-refractivity contribution in [1.82, 2.24) is 15.0 Å². The summed E-state index contributed by atoms with van der Waals surface area (Å²) in [5, 5.41) is 4.39. The van der Waals surface area contributed by atoms with Crippen LogP contribution in [0, 0.1) is 18.2 Å². The summed E-state index contributed by atoms with van der Waals surface area (Å²) < 4.78 is 11.3. The molecule has 12 aromatic rings. The minimum Gasteiger partial charge on any atom is -0.472 e. The summed E-state index contributed by atoms with van der Waals surface area (Å²) in [7, 11) is 0. The molecular weight excluding hydrogens is 1030 g/mol. The predicted molar refractivity (Wildman–Crippen MR) is 270 cm³/mol. The molecule has 0 N–H and O–H groups in total. The first-order valence-corrected chi connectivity index (χ1v) is 22.6. The maximum Gasteiger partial charge on any atom is 3.00 e. The normalized spacial score (nSPS) is 11.4. The summed E-state index contributed by atoms with van der Waals surface area (Å²) in [6, 6.07) is 64.7. The van der Waals surface area contributed by atoms with E-state index in [0.29, 0.717) is 69.4 Å². The first-order chi connectivity index (χ1) is 33.5. The van der Waals surface area contributed by atoms with Gasteiger partial charge in [-0.1, -0.05) is 108 Å². The van der Waals surface area contributed by atoms with Crippen molar-refractivity contribution in [3.8, 4) is 44.6 Å². The molecule has 0 atom stereocenters. The van der Waals surface area contributed by atoms with Gasteiger partial charge in [0.25, 0.3) is 0 Å². The quantitative estimate of drug-likeness (QED) is 0.0764. The fourth-order valence-corrected chi connectivity index (χ4v) is 9.47. The van der Waals surface area contributed by atoms with Gasteiger partial charge in [-0.15, -0.1) is 84.4 Å². The maximum absolute atomic E-state index is 13.2. The smallest absolute Gasteiger partial charge is 0.472 e. The van der Waals surface area contributed by atoms with E-state index in [2.05, 4.69) is 109 Å². The third-order valence-corrected chi connectivity index (χ3v) is 12.8. The van der Waals surface area contributed by atoms with Gasteiger partial charge >= 0.3 is 31.4 Å². The topological polar surface area (TPSA) is 99.1 Å². The van der Waals surface area contributed by atoms with Crippen LogP contribution in [0.15, 0.2) is 201 Å². The number of rotatable bonds is 10. The van der Waals surface area contributed by atoms with Crippen molar-refractivity contribution in [1.29, 1.82) is 0 Å². The van der Waals surface area contributed by atoms with E-state index in [1.807, 2.05) is 55.0 Å². The van der Waals surface area contributed by atoms with Crippen molar-refractivity contribution in [3.63, 3.8) is 0 Å². The van der Waals surface area contributed by atoms with Crippen molar-refractivity contribution in [2.24, 2.45) is 0 Å². The zero-order valence-corrected chi connectivity index (χ0v) is 39.4. The van der Waals surface area contributed by atoms with Crippen LogP contribution in [-0.4, -0.2) is 15.0 Å². The summed E-state index contributed by atoms with van der Waals surface area (Å²) in [4.78, 5) is 41.0. The Kier molecular flexibility index (Phi) is 11.6. The Morgan fingerprint density at radius 3 is 1.61 bits per heavy atom. The Morgan fingerprint density at radius 1 is 0.406 bits per heavy atom. The van der Waals surface area contributed by atoms with Gasteiger partial charge in [0.2, 0.25) is 0 Å². The second-order valence-corrected chi connectivity index (χ2v) is 17.1. The van der Waals surface area contributed by atoms with Gasteiger partial charge in [-0.25, -0.2) is 9.59 Å². The Labute approximate surface area is 410 Å². The number of nitrogens with zero attached hydrogens (tertiary/aromatic N) is 3. The number of pyridine rings is 3. The number of aryl methyl sites for hydroxylation is 4. The van der Waals surface area contributed by atoms with Gasteiger partial charge < -0.3 is 23.8 Å². The molecule has 0 spiro atoms. The van der Waals surface area contributed by atoms with E-state index in [1.54, 1.807) is 36.4 Å². The Hall–Kier alpha value is -8.16. The standard InChI is InChI=1S/C61H38N3O4.Ir/c65-60-52-32-40(35-62-58(52)49-19-9-11-21-55(49)67-60)25-23-38-29-39(24-26-41-33-53-59(63-36-41)50-20-10-12-22-56(50)68-61(53)66)31-45(30-38)46-17-7-8-18-47(46)54-37-64-57(43-15-5-2-6-16-43)48-28-27-44(34-51(48)54)42-13-3-1-4-14-42;/h1-15,17-18,21-22,27-37H,23-26H2;/q-3;+3. The second kappa shape index (κ2) is 18.5. The fraction of sp³-hybridized carbons (Fsp3) is 0.0656. The summed E-state index contributed by atoms with van der Waals surface area (Å²) >= 11 is 0. The average molecular weight is 1070 g/mol. The van der Waals surface area contributed by atoms with Crippen LogP contribution >= 0.6 is 0 Å². The molecule has 7 aromatic carbocycles. The van der Waals surface area contributed by atoms with Gasteiger partial charge in [0.1, 0.15) is 0 Å². The largest absolute Gasteiger partial charge is 3.00 e. The van der Waals surface area contributed by atoms with E-state index in [-0.39, 0.29) is 20.1 Å². The molecule has 69 heavy (non-hydrogen) atoms. The van der Waals surface area contributed by atoms with Crippen LogP contribution in [0.5, 0.6) is 0 Å². The van der Waals surface area contributed by atoms with E-state index in [4.69, 9.17) is 23.8 Å². The number of fused-ring (bicyclic) bond motifs is 7. The van der Waals surface area contributed by atoms with Gasteiger partial charge in [-0.2, -0.15) is 0 Å². The first kappa shape index (κ1) is 43.4. The van der Waals surface area contributed by atoms with Gasteiger partial charge in [0.15, 0.2) is 0 Å². The molecule has 7 nitrogen and oxygen atoms in total. The summed E-state index contributed by atoms with van der Waals surface area (Å²) in [6.07, 6.45) is 8.38. The monoisotopic (exact) mass is 1070 g/mol. The minimum atomic E-state index is -0.414. The van der Waals surface area contributed by atoms with Gasteiger partial charge in [-0.05, 0) is 98.3 Å². The Morgan fingerprint density at radius 2 is 0.986 bits per heavy atom. The summed E-state index contributed by atoms with van der Waals surface area (Å²) in [5.41, 5.74) is 13.7. The van der Waals surface area contributed by atoms with Gasteiger partial charge in [0, 0.05) is 57.1 Å². The molecule has 0 amide bonds. The molecule has 0 bridgehead atoms. The molecule has 0 aliphatic heterocycles. The average Bonchev–Trinajstić information content (AvgIpc) is 3.40. The Bertz CT molecular complexity index is 3880. The van der Waals surface area contributed by atoms with Crippen molar-refractivity contribution in [2.45, 2.75) is 25.7 Å². The third kappa shape index (κ3) is 8.35. The van der Waals surface area contributed by atoms with Crippen LogP contribution in [0.3, 0.4) is 0 Å². The molecule has 330 valence electrons. The maximum atomic E-state index is 13.2. The van der Waals surface area contributed by atoms with Gasteiger partial charge in [0.05, 0.1) is 0 Å². The van der Waals surface area contributed by atoms with Gasteiger partial charge in [-0.3, -0.25) is 0 Å². The molecular formula is C61H38IrN3O4. The van der Waals surface area contributed by atoms with Crippen molar-refractivity contribution in [3.05, 3.63) is 244 Å². The molecule has 0 aliphatic rings. The van der Waals surface area contributed by atoms with Crippen molar-refractivity contribution >= 4 is 54.5 Å². The SMILES string of the molecule is O=c1oc2ccc[c-]c2c2ncc(CCc3cc(CCc4cnc5c(c4)c(=O)oc4ccc[c-]c45)cc(-c4ccccc4-c4cnc(-c5[c-]cccc5)c5ccc(-c6ccccc6)cc45)c3)cc12.[Ir+3]. The molecule has 0 unspecified atom stereocenters. The first-order valence-electron chi connectivity index (χ1n) is 22.6. The van der Waals surface area contributed by atoms with Crippen LogP contribution < -0.4 is 11.3 Å². The summed E-state index contributed by atoms with van der Waals surface area (Å²) in [6.45, 7) is 0. The molecule has 0 radical (unpaired) electrons. The van der Waals surface area contributed by atoms with Crippen LogP contribution in [-0.2, 0) is 45.8 Å². The zero-order valence-electron chi connectivity index (χ0n) is 37.0. The van der Waals surface area contributed by atoms with Crippen LogP contribution in [0.1, 0.15) is 22.3 Å². The molecule has 0 saturated heterocycles. The van der Waals surface area contributed by atoms with Crippen molar-refractivity contribution < 1.29 is 28.9 Å². The van der Waals surface area contributed by atoms with Crippen LogP contribution in [0.2, 0.25) is 0 Å². The molecule has 12 rings (SSSR count). The Balaban J connectivity index is 0.00000520. The van der Waals surface area contributed by atoms with E-state index in [9.17, 15) is 9.59 Å². The number of benzene rings is 7. The molecule has 5 heterocycles. The summed E-state index contributed by atoms with van der Waals surface area (Å²) in [5.74, 6) is 0. The molecule has 8 heteroatoms.